The number of carbonyl (C=O) groups excluding carboxylic acids is 2. The molecule has 200 valence electrons. The van der Waals surface area contributed by atoms with Gasteiger partial charge in [0.05, 0.1) is 42.5 Å². The fourth-order valence-corrected chi connectivity index (χ4v) is 4.60. The van der Waals surface area contributed by atoms with E-state index in [0.717, 1.165) is 11.1 Å². The van der Waals surface area contributed by atoms with Gasteiger partial charge in [0, 0.05) is 19.2 Å². The van der Waals surface area contributed by atoms with Gasteiger partial charge >= 0.3 is 0 Å². The fourth-order valence-electron chi connectivity index (χ4n) is 4.37. The number of ketones is 1. The predicted octanol–water partition coefficient (Wildman–Crippen LogP) is 5.89. The molecule has 2 aromatic rings. The number of carbonyl (C=O) groups is 2. The normalized spacial score (nSPS) is 17.5. The third-order valence-corrected chi connectivity index (χ3v) is 6.65. The summed E-state index contributed by atoms with van der Waals surface area (Å²) in [4.78, 5) is 28.1. The number of ether oxygens (including phenoxy) is 3. The summed E-state index contributed by atoms with van der Waals surface area (Å²) in [7, 11) is 2.89. The van der Waals surface area contributed by atoms with Gasteiger partial charge in [0.25, 0.3) is 11.7 Å². The first-order valence-corrected chi connectivity index (χ1v) is 12.7. The second-order valence-electron chi connectivity index (χ2n) is 10.3. The molecule has 1 N–H and O–H groups in total. The van der Waals surface area contributed by atoms with E-state index in [1.54, 1.807) is 0 Å². The molecule has 37 heavy (non-hydrogen) atoms. The lowest BCUT2D eigenvalue weighted by atomic mass is 9.85. The van der Waals surface area contributed by atoms with Gasteiger partial charge in [0.2, 0.25) is 0 Å². The van der Waals surface area contributed by atoms with Crippen LogP contribution < -0.4 is 9.47 Å². The third kappa shape index (κ3) is 6.11. The maximum atomic E-state index is 13.4. The summed E-state index contributed by atoms with van der Waals surface area (Å²) < 4.78 is 16.4. The molecule has 1 atom stereocenters. The van der Waals surface area contributed by atoms with Crippen molar-refractivity contribution in [1.82, 2.24) is 4.90 Å². The quantitative estimate of drug-likeness (QED) is 0.189. The Labute approximate surface area is 224 Å². The van der Waals surface area contributed by atoms with E-state index in [-0.39, 0.29) is 39.2 Å². The Morgan fingerprint density at radius 1 is 1.05 bits per heavy atom. The Morgan fingerprint density at radius 3 is 2.22 bits per heavy atom. The topological polar surface area (TPSA) is 85.3 Å². The van der Waals surface area contributed by atoms with Crippen LogP contribution >= 0.6 is 11.6 Å². The lowest BCUT2D eigenvalue weighted by Crippen LogP contribution is -2.31. The molecule has 1 aliphatic rings. The number of aliphatic hydroxyl groups excluding tert-OH is 1. The molecule has 1 amide bonds. The Balaban J connectivity index is 2.16. The van der Waals surface area contributed by atoms with Crippen molar-refractivity contribution in [3.8, 4) is 11.5 Å². The molecule has 3 rings (SSSR count). The number of halogens is 1. The summed E-state index contributed by atoms with van der Waals surface area (Å²) in [6, 6.07) is 10.0. The maximum Gasteiger partial charge on any atom is 0.295 e. The number of Topliss-reactive ketones (excluding diaryl/α,β-unsaturated/α-hetero) is 1. The standard InChI is InChI=1S/C29H36ClNO6/c1-17(2)37-14-8-13-31-25(18-9-11-19(12-10-18)29(3,4)5)24(27(33)28(31)34)26(32)20-15-23(36-7)21(30)16-22(20)35-6/h9-12,15-17,25,32H,8,13-14H2,1-7H3/b26-24+. The molecule has 0 bridgehead atoms. The van der Waals surface area contributed by atoms with Gasteiger partial charge in [-0.05, 0) is 42.9 Å². The van der Waals surface area contributed by atoms with Crippen LogP contribution in [-0.2, 0) is 19.7 Å². The average molecular weight is 530 g/mol. The van der Waals surface area contributed by atoms with Crippen LogP contribution in [0.15, 0.2) is 42.0 Å². The van der Waals surface area contributed by atoms with Crippen molar-refractivity contribution in [2.45, 2.75) is 58.6 Å². The molecule has 1 saturated heterocycles. The number of aliphatic hydroxyl groups is 1. The first kappa shape index (κ1) is 28.5. The molecular formula is C29H36ClNO6. The van der Waals surface area contributed by atoms with Crippen LogP contribution in [0.2, 0.25) is 5.02 Å². The van der Waals surface area contributed by atoms with Crippen LogP contribution in [0.25, 0.3) is 5.76 Å². The molecule has 0 radical (unpaired) electrons. The predicted molar refractivity (Wildman–Crippen MR) is 144 cm³/mol. The van der Waals surface area contributed by atoms with Crippen LogP contribution in [0.5, 0.6) is 11.5 Å². The first-order valence-electron chi connectivity index (χ1n) is 12.3. The van der Waals surface area contributed by atoms with E-state index in [0.29, 0.717) is 25.3 Å². The van der Waals surface area contributed by atoms with E-state index >= 15 is 0 Å². The largest absolute Gasteiger partial charge is 0.507 e. The molecule has 1 fully saturated rings. The second kappa shape index (κ2) is 11.6. The van der Waals surface area contributed by atoms with E-state index in [1.165, 1.54) is 31.3 Å². The SMILES string of the molecule is COc1cc(/C(O)=C2\C(=O)C(=O)N(CCCOC(C)C)C2c2ccc(C(C)(C)C)cc2)c(OC)cc1Cl. The van der Waals surface area contributed by atoms with E-state index in [1.807, 2.05) is 38.1 Å². The minimum absolute atomic E-state index is 0.0130. The smallest absolute Gasteiger partial charge is 0.295 e. The molecule has 1 heterocycles. The number of rotatable bonds is 9. The monoisotopic (exact) mass is 529 g/mol. The van der Waals surface area contributed by atoms with Crippen molar-refractivity contribution in [1.29, 1.82) is 0 Å². The summed E-state index contributed by atoms with van der Waals surface area (Å²) >= 11 is 6.25. The van der Waals surface area contributed by atoms with Gasteiger partial charge in [-0.2, -0.15) is 0 Å². The molecule has 2 aromatic carbocycles. The minimum Gasteiger partial charge on any atom is -0.507 e. The van der Waals surface area contributed by atoms with E-state index < -0.39 is 17.7 Å². The van der Waals surface area contributed by atoms with Crippen LogP contribution in [0.4, 0.5) is 0 Å². The van der Waals surface area contributed by atoms with Crippen molar-refractivity contribution >= 4 is 29.1 Å². The maximum absolute atomic E-state index is 13.4. The molecule has 8 heteroatoms. The van der Waals surface area contributed by atoms with E-state index in [4.69, 9.17) is 25.8 Å². The first-order chi connectivity index (χ1) is 17.4. The molecule has 0 saturated carbocycles. The van der Waals surface area contributed by atoms with Gasteiger partial charge in [0.15, 0.2) is 0 Å². The highest BCUT2D eigenvalue weighted by Gasteiger charge is 2.46. The van der Waals surface area contributed by atoms with Crippen molar-refractivity contribution in [3.05, 3.63) is 63.7 Å². The van der Waals surface area contributed by atoms with Gasteiger partial charge in [-0.15, -0.1) is 0 Å². The number of likely N-dealkylation sites (tertiary alicyclic amines) is 1. The summed E-state index contributed by atoms with van der Waals surface area (Å²) in [5, 5.41) is 11.8. The van der Waals surface area contributed by atoms with Crippen LogP contribution in [-0.4, -0.2) is 55.2 Å². The van der Waals surface area contributed by atoms with Gasteiger partial charge in [-0.3, -0.25) is 9.59 Å². The summed E-state index contributed by atoms with van der Waals surface area (Å²) in [6.45, 7) is 11.0. The Hall–Kier alpha value is -3.03. The minimum atomic E-state index is -0.778. The number of amides is 1. The summed E-state index contributed by atoms with van der Waals surface area (Å²) in [5.41, 5.74) is 1.96. The van der Waals surface area contributed by atoms with Crippen LogP contribution in [0.1, 0.15) is 63.8 Å². The number of hydrogen-bond donors (Lipinski definition) is 1. The average Bonchev–Trinajstić information content (AvgIpc) is 3.10. The van der Waals surface area contributed by atoms with Gasteiger partial charge in [0.1, 0.15) is 17.3 Å². The zero-order valence-corrected chi connectivity index (χ0v) is 23.3. The van der Waals surface area contributed by atoms with Crippen LogP contribution in [0, 0.1) is 0 Å². The fraction of sp³-hybridized carbons (Fsp3) is 0.448. The molecule has 0 aromatic heterocycles. The summed E-state index contributed by atoms with van der Waals surface area (Å²) in [6.07, 6.45) is 0.600. The van der Waals surface area contributed by atoms with Gasteiger partial charge in [-0.25, -0.2) is 0 Å². The zero-order valence-electron chi connectivity index (χ0n) is 22.6. The highest BCUT2D eigenvalue weighted by molar-refractivity contribution is 6.46. The van der Waals surface area contributed by atoms with E-state index in [9.17, 15) is 14.7 Å². The highest BCUT2D eigenvalue weighted by Crippen LogP contribution is 2.43. The second-order valence-corrected chi connectivity index (χ2v) is 10.7. The Morgan fingerprint density at radius 2 is 1.68 bits per heavy atom. The zero-order chi connectivity index (χ0) is 27.5. The van der Waals surface area contributed by atoms with E-state index in [2.05, 4.69) is 20.8 Å². The van der Waals surface area contributed by atoms with Crippen molar-refractivity contribution in [2.75, 3.05) is 27.4 Å². The molecule has 0 aliphatic carbocycles. The van der Waals surface area contributed by atoms with Crippen LogP contribution in [0.3, 0.4) is 0 Å². The van der Waals surface area contributed by atoms with Gasteiger partial charge < -0.3 is 24.2 Å². The third-order valence-electron chi connectivity index (χ3n) is 6.36. The number of methoxy groups -OCH3 is 2. The lowest BCUT2D eigenvalue weighted by molar-refractivity contribution is -0.140. The van der Waals surface area contributed by atoms with Crippen molar-refractivity contribution in [3.63, 3.8) is 0 Å². The molecule has 0 spiro atoms. The number of hydrogen-bond acceptors (Lipinski definition) is 6. The van der Waals surface area contributed by atoms with Crippen molar-refractivity contribution in [2.24, 2.45) is 0 Å². The Bertz CT molecular complexity index is 1180. The Kier molecular flexibility index (Phi) is 8.92. The lowest BCUT2D eigenvalue weighted by Gasteiger charge is -2.27. The highest BCUT2D eigenvalue weighted by atomic mass is 35.5. The molecule has 1 unspecified atom stereocenters. The number of benzene rings is 2. The molecular weight excluding hydrogens is 494 g/mol. The van der Waals surface area contributed by atoms with Crippen molar-refractivity contribution < 1.29 is 28.9 Å². The number of nitrogens with zero attached hydrogens (tertiary/aromatic N) is 1. The molecule has 1 aliphatic heterocycles. The molecule has 7 nitrogen and oxygen atoms in total. The summed E-state index contributed by atoms with van der Waals surface area (Å²) in [5.74, 6) is -1.23. The van der Waals surface area contributed by atoms with Gasteiger partial charge in [-0.1, -0.05) is 56.6 Å².